The van der Waals surface area contributed by atoms with E-state index in [1.165, 1.54) is 0 Å². The topological polar surface area (TPSA) is 75.5 Å². The fourth-order valence-electron chi connectivity index (χ4n) is 3.80. The third kappa shape index (κ3) is 5.13. The Hall–Kier alpha value is -2.34. The van der Waals surface area contributed by atoms with Crippen molar-refractivity contribution in [1.82, 2.24) is 9.97 Å². The fourth-order valence-corrected chi connectivity index (χ4v) is 3.89. The number of hydrogen-bond donors (Lipinski definition) is 1. The number of halogens is 1. The average molecular weight is 404 g/mol. The maximum absolute atomic E-state index is 11.3. The molecule has 0 unspecified atom stereocenters. The molecule has 0 spiro atoms. The van der Waals surface area contributed by atoms with E-state index >= 15 is 0 Å². The molecule has 0 saturated carbocycles. The van der Waals surface area contributed by atoms with Crippen molar-refractivity contribution in [2.24, 2.45) is 5.92 Å². The van der Waals surface area contributed by atoms with Crippen LogP contribution in [-0.4, -0.2) is 40.7 Å². The molecule has 1 aromatic carbocycles. The molecule has 6 nitrogen and oxygen atoms in total. The summed E-state index contributed by atoms with van der Waals surface area (Å²) in [7, 11) is 0. The van der Waals surface area contributed by atoms with Crippen LogP contribution in [0.2, 0.25) is 5.02 Å². The van der Waals surface area contributed by atoms with E-state index < -0.39 is 5.97 Å². The van der Waals surface area contributed by atoms with E-state index in [1.807, 2.05) is 13.8 Å². The molecular weight excluding hydrogens is 378 g/mol. The second-order valence-electron chi connectivity index (χ2n) is 7.36. The van der Waals surface area contributed by atoms with Crippen LogP contribution >= 0.6 is 11.6 Å². The van der Waals surface area contributed by atoms with Gasteiger partial charge in [0, 0.05) is 13.1 Å². The Labute approximate surface area is 170 Å². The minimum absolute atomic E-state index is 0.365. The summed E-state index contributed by atoms with van der Waals surface area (Å²) in [6.45, 7) is 6.18. The highest BCUT2D eigenvalue weighted by atomic mass is 35.5. The molecule has 1 aliphatic rings. The largest absolute Gasteiger partial charge is 0.494 e. The predicted octanol–water partition coefficient (Wildman–Crippen LogP) is 4.52. The van der Waals surface area contributed by atoms with Crippen molar-refractivity contribution in [3.63, 3.8) is 0 Å². The van der Waals surface area contributed by atoms with Crippen LogP contribution < -0.4 is 9.64 Å². The lowest BCUT2D eigenvalue weighted by atomic mass is 9.92. The summed E-state index contributed by atoms with van der Waals surface area (Å²) in [6.07, 6.45) is 7.63. The van der Waals surface area contributed by atoms with Crippen molar-refractivity contribution in [2.75, 3.05) is 24.6 Å². The summed E-state index contributed by atoms with van der Waals surface area (Å²) >= 11 is 5.85. The number of rotatable bonds is 7. The first-order valence-electron chi connectivity index (χ1n) is 9.64. The minimum Gasteiger partial charge on any atom is -0.494 e. The molecule has 7 heteroatoms. The quantitative estimate of drug-likeness (QED) is 0.685. The van der Waals surface area contributed by atoms with Crippen LogP contribution in [0.3, 0.4) is 0 Å². The smallest absolute Gasteiger partial charge is 0.336 e. The molecule has 0 radical (unpaired) electrons. The number of benzene rings is 1. The third-order valence-electron chi connectivity index (χ3n) is 5.25. The zero-order valence-corrected chi connectivity index (χ0v) is 17.1. The number of piperidine rings is 1. The molecule has 1 aliphatic heterocycles. The molecule has 1 aromatic heterocycles. The maximum atomic E-state index is 11.3. The predicted molar refractivity (Wildman–Crippen MR) is 110 cm³/mol. The summed E-state index contributed by atoms with van der Waals surface area (Å²) < 4.78 is 5.86. The van der Waals surface area contributed by atoms with Gasteiger partial charge in [0.1, 0.15) is 5.75 Å². The van der Waals surface area contributed by atoms with Crippen LogP contribution in [0, 0.1) is 19.8 Å². The van der Waals surface area contributed by atoms with Gasteiger partial charge in [-0.3, -0.25) is 0 Å². The molecule has 2 aromatic rings. The van der Waals surface area contributed by atoms with E-state index in [-0.39, 0.29) is 0 Å². The highest BCUT2D eigenvalue weighted by Crippen LogP contribution is 2.25. The van der Waals surface area contributed by atoms with Gasteiger partial charge in [-0.1, -0.05) is 11.6 Å². The second-order valence-corrected chi connectivity index (χ2v) is 7.80. The van der Waals surface area contributed by atoms with Gasteiger partial charge < -0.3 is 14.7 Å². The molecule has 0 atom stereocenters. The molecule has 1 saturated heterocycles. The van der Waals surface area contributed by atoms with Gasteiger partial charge in [-0.25, -0.2) is 14.8 Å². The standard InChI is InChI=1S/C21H26ClN3O3/c1-14-10-18(11-15(2)19(14)20(26)27)28-9-3-4-16-5-7-25(8-6-16)21-23-12-17(22)13-24-21/h10-13,16H,3-9H2,1-2H3,(H,26,27). The van der Waals surface area contributed by atoms with Gasteiger partial charge in [0.15, 0.2) is 0 Å². The Morgan fingerprint density at radius 2 is 1.82 bits per heavy atom. The van der Waals surface area contributed by atoms with Crippen molar-refractivity contribution in [2.45, 2.75) is 39.5 Å². The van der Waals surface area contributed by atoms with Crippen molar-refractivity contribution >= 4 is 23.5 Å². The van der Waals surface area contributed by atoms with Crippen molar-refractivity contribution in [3.8, 4) is 5.75 Å². The number of carboxylic acid groups (broad SMARTS) is 1. The van der Waals surface area contributed by atoms with Crippen LogP contribution in [0.15, 0.2) is 24.5 Å². The third-order valence-corrected chi connectivity index (χ3v) is 5.44. The normalized spacial score (nSPS) is 14.9. The summed E-state index contributed by atoms with van der Waals surface area (Å²) in [5.74, 6) is 1.29. The van der Waals surface area contributed by atoms with Gasteiger partial charge in [0.05, 0.1) is 29.6 Å². The van der Waals surface area contributed by atoms with Gasteiger partial charge in [-0.2, -0.15) is 0 Å². The lowest BCUT2D eigenvalue weighted by Crippen LogP contribution is -2.34. The van der Waals surface area contributed by atoms with E-state index in [0.717, 1.165) is 61.6 Å². The van der Waals surface area contributed by atoms with Crippen molar-refractivity contribution in [3.05, 3.63) is 46.2 Å². The van der Waals surface area contributed by atoms with E-state index in [2.05, 4.69) is 14.9 Å². The molecule has 1 fully saturated rings. The Morgan fingerprint density at radius 3 is 2.39 bits per heavy atom. The van der Waals surface area contributed by atoms with Crippen LogP contribution in [0.25, 0.3) is 0 Å². The molecule has 1 N–H and O–H groups in total. The number of aromatic nitrogens is 2. The van der Waals surface area contributed by atoms with E-state index in [4.69, 9.17) is 16.3 Å². The molecule has 150 valence electrons. The average Bonchev–Trinajstić information content (AvgIpc) is 2.65. The van der Waals surface area contributed by atoms with Crippen LogP contribution in [0.1, 0.15) is 47.2 Å². The van der Waals surface area contributed by atoms with Crippen LogP contribution in [0.4, 0.5) is 5.95 Å². The molecule has 3 rings (SSSR count). The zero-order chi connectivity index (χ0) is 20.1. The maximum Gasteiger partial charge on any atom is 0.336 e. The van der Waals surface area contributed by atoms with Gasteiger partial charge >= 0.3 is 5.97 Å². The van der Waals surface area contributed by atoms with Gasteiger partial charge in [0.2, 0.25) is 5.95 Å². The molecular formula is C21H26ClN3O3. The van der Waals surface area contributed by atoms with E-state index in [0.29, 0.717) is 23.1 Å². The number of carboxylic acids is 1. The number of ether oxygens (including phenoxy) is 1. The number of anilines is 1. The van der Waals surface area contributed by atoms with E-state index in [9.17, 15) is 9.90 Å². The van der Waals surface area contributed by atoms with Crippen LogP contribution in [-0.2, 0) is 0 Å². The number of aryl methyl sites for hydroxylation is 2. The van der Waals surface area contributed by atoms with Gasteiger partial charge in [-0.15, -0.1) is 0 Å². The number of nitrogens with zero attached hydrogens (tertiary/aromatic N) is 3. The molecule has 0 amide bonds. The van der Waals surface area contributed by atoms with Gasteiger partial charge in [-0.05, 0) is 68.7 Å². The Kier molecular flexibility index (Phi) is 6.73. The Morgan fingerprint density at radius 1 is 1.21 bits per heavy atom. The number of carbonyl (C=O) groups is 1. The summed E-state index contributed by atoms with van der Waals surface area (Å²) in [5.41, 5.74) is 1.84. The lowest BCUT2D eigenvalue weighted by molar-refractivity contribution is 0.0695. The molecule has 0 aliphatic carbocycles. The summed E-state index contributed by atoms with van der Waals surface area (Å²) in [6, 6.07) is 3.61. The lowest BCUT2D eigenvalue weighted by Gasteiger charge is -2.32. The number of aromatic carboxylic acids is 1. The summed E-state index contributed by atoms with van der Waals surface area (Å²) in [4.78, 5) is 22.1. The summed E-state index contributed by atoms with van der Waals surface area (Å²) in [5, 5.41) is 9.80. The first kappa shape index (κ1) is 20.4. The van der Waals surface area contributed by atoms with Crippen molar-refractivity contribution < 1.29 is 14.6 Å². The highest BCUT2D eigenvalue weighted by molar-refractivity contribution is 6.30. The molecule has 0 bridgehead atoms. The first-order chi connectivity index (χ1) is 13.4. The SMILES string of the molecule is Cc1cc(OCCCC2CCN(c3ncc(Cl)cn3)CC2)cc(C)c1C(=O)O. The second kappa shape index (κ2) is 9.24. The number of hydrogen-bond acceptors (Lipinski definition) is 5. The fraction of sp³-hybridized carbons (Fsp3) is 0.476. The minimum atomic E-state index is -0.892. The molecule has 28 heavy (non-hydrogen) atoms. The Balaban J connectivity index is 1.41. The first-order valence-corrected chi connectivity index (χ1v) is 10.0. The molecule has 2 heterocycles. The van der Waals surface area contributed by atoms with E-state index in [1.54, 1.807) is 24.5 Å². The highest BCUT2D eigenvalue weighted by Gasteiger charge is 2.20. The Bertz CT molecular complexity index is 795. The van der Waals surface area contributed by atoms with Crippen molar-refractivity contribution in [1.29, 1.82) is 0 Å². The van der Waals surface area contributed by atoms with Crippen LogP contribution in [0.5, 0.6) is 5.75 Å². The zero-order valence-electron chi connectivity index (χ0n) is 16.3. The van der Waals surface area contributed by atoms with Gasteiger partial charge in [0.25, 0.3) is 0 Å². The monoisotopic (exact) mass is 403 g/mol.